The quantitative estimate of drug-likeness (QED) is 0.462. The van der Waals surface area contributed by atoms with Gasteiger partial charge in [-0.05, 0) is 18.6 Å². The Morgan fingerprint density at radius 2 is 2.04 bits per heavy atom. The minimum absolute atomic E-state index is 0.0454. The summed E-state index contributed by atoms with van der Waals surface area (Å²) < 4.78 is 21.4. The van der Waals surface area contributed by atoms with E-state index in [1.807, 2.05) is 0 Å². The number of ether oxygens (including phenoxy) is 1. The molecule has 11 heteroatoms. The van der Waals surface area contributed by atoms with E-state index in [1.165, 1.54) is 0 Å². The molecule has 0 saturated carbocycles. The van der Waals surface area contributed by atoms with Gasteiger partial charge in [0.15, 0.2) is 0 Å². The first kappa shape index (κ1) is 18.0. The second-order valence-electron chi connectivity index (χ2n) is 5.90. The number of hydrogen-bond donors (Lipinski definition) is 5. The number of aromatic amines is 2. The molecule has 2 heterocycles. The number of nitrogens with one attached hydrogen (secondary N) is 2. The summed E-state index contributed by atoms with van der Waals surface area (Å²) >= 11 is 0. The Morgan fingerprint density at radius 1 is 1.32 bits per heavy atom. The Bertz CT molecular complexity index is 961. The second kappa shape index (κ2) is 6.49. The highest BCUT2D eigenvalue weighted by atomic mass is 31.2. The van der Waals surface area contributed by atoms with E-state index in [-0.39, 0.29) is 17.3 Å². The highest BCUT2D eigenvalue weighted by molar-refractivity contribution is 7.46. The third-order valence-corrected chi connectivity index (χ3v) is 4.57. The third-order valence-electron chi connectivity index (χ3n) is 4.02. The van der Waals surface area contributed by atoms with Gasteiger partial charge in [0, 0.05) is 12.0 Å². The normalized spacial score (nSPS) is 24.1. The smallest absolute Gasteiger partial charge is 0.394 e. The lowest BCUT2D eigenvalue weighted by molar-refractivity contribution is -0.0218. The van der Waals surface area contributed by atoms with Crippen LogP contribution in [0, 0.1) is 6.92 Å². The Labute approximate surface area is 140 Å². The van der Waals surface area contributed by atoms with Crippen LogP contribution in [0.15, 0.2) is 21.7 Å². The summed E-state index contributed by atoms with van der Waals surface area (Å²) in [4.78, 5) is 46.3. The van der Waals surface area contributed by atoms with Crippen molar-refractivity contribution in [1.82, 2.24) is 9.97 Å². The predicted octanol–water partition coefficient (Wildman–Crippen LogP) is -0.175. The number of hydrogen-bond acceptors (Lipinski definition) is 6. The summed E-state index contributed by atoms with van der Waals surface area (Å²) in [7, 11) is -4.76. The fourth-order valence-corrected chi connectivity index (χ4v) is 3.64. The van der Waals surface area contributed by atoms with Crippen molar-refractivity contribution in [2.75, 3.05) is 6.61 Å². The number of aryl methyl sites for hydroxylation is 1. The van der Waals surface area contributed by atoms with Gasteiger partial charge in [-0.3, -0.25) is 14.3 Å². The molecular formula is C14H17N2O8P. The molecule has 3 rings (SSSR count). The zero-order valence-corrected chi connectivity index (χ0v) is 14.0. The molecule has 0 amide bonds. The highest BCUT2D eigenvalue weighted by Gasteiger charge is 2.40. The van der Waals surface area contributed by atoms with Gasteiger partial charge in [-0.1, -0.05) is 6.07 Å². The Morgan fingerprint density at radius 3 is 2.68 bits per heavy atom. The molecule has 1 aliphatic heterocycles. The number of H-pyrrole nitrogens is 2. The van der Waals surface area contributed by atoms with Gasteiger partial charge in [0.1, 0.15) is 12.2 Å². The average molecular weight is 372 g/mol. The number of aromatic nitrogens is 2. The molecule has 0 radical (unpaired) electrons. The number of fused-ring (bicyclic) bond motifs is 1. The molecule has 0 bridgehead atoms. The van der Waals surface area contributed by atoms with Crippen molar-refractivity contribution in [1.29, 1.82) is 0 Å². The maximum Gasteiger partial charge on any atom is 0.469 e. The van der Waals surface area contributed by atoms with Crippen LogP contribution in [0.2, 0.25) is 0 Å². The number of aliphatic hydroxyl groups excluding tert-OH is 1. The highest BCUT2D eigenvalue weighted by Crippen LogP contribution is 2.45. The van der Waals surface area contributed by atoms with E-state index in [0.717, 1.165) is 5.56 Å². The lowest BCUT2D eigenvalue weighted by atomic mass is 9.99. The average Bonchev–Trinajstić information content (AvgIpc) is 2.88. The van der Waals surface area contributed by atoms with E-state index in [4.69, 9.17) is 14.5 Å². The van der Waals surface area contributed by atoms with E-state index >= 15 is 0 Å². The van der Waals surface area contributed by atoms with Gasteiger partial charge in [0.05, 0.1) is 23.6 Å². The zero-order valence-electron chi connectivity index (χ0n) is 13.1. The molecule has 2 aromatic rings. The Kier molecular flexibility index (Phi) is 4.67. The summed E-state index contributed by atoms with van der Waals surface area (Å²) in [5.41, 5.74) is 0.264. The van der Waals surface area contributed by atoms with Crippen molar-refractivity contribution in [3.63, 3.8) is 0 Å². The number of rotatable bonds is 4. The molecule has 1 aromatic heterocycles. The number of phosphoric acid groups is 1. The summed E-state index contributed by atoms with van der Waals surface area (Å²) in [6, 6.07) is 3.31. The first-order valence-electron chi connectivity index (χ1n) is 7.45. The molecular weight excluding hydrogens is 355 g/mol. The minimum Gasteiger partial charge on any atom is -0.394 e. The van der Waals surface area contributed by atoms with Gasteiger partial charge in [0.25, 0.3) is 5.56 Å². The summed E-state index contributed by atoms with van der Waals surface area (Å²) in [5.74, 6) is 0. The largest absolute Gasteiger partial charge is 0.469 e. The molecule has 5 N–H and O–H groups in total. The lowest BCUT2D eigenvalue weighted by Crippen LogP contribution is -2.26. The third kappa shape index (κ3) is 3.74. The topological polar surface area (TPSA) is 162 Å². The summed E-state index contributed by atoms with van der Waals surface area (Å²) in [6.45, 7) is 1.26. The fourth-order valence-electron chi connectivity index (χ4n) is 3.07. The van der Waals surface area contributed by atoms with Crippen molar-refractivity contribution >= 4 is 18.7 Å². The predicted molar refractivity (Wildman–Crippen MR) is 86.2 cm³/mol. The maximum atomic E-state index is 12.0. The Balaban J connectivity index is 2.06. The standard InChI is InChI=1S/C14H17N2O8P/c1-6-2-7(12-8(3-6)13(18)16-14(19)15-12)9-4-10(11(5-17)23-9)24-25(20,21)22/h2-3,9-11,17H,4-5H2,1H3,(H2,20,21,22)(H2,15,16,18,19)/t9-,10+,11-/m1/s1. The van der Waals surface area contributed by atoms with Crippen LogP contribution in [0.1, 0.15) is 23.7 Å². The first-order valence-corrected chi connectivity index (χ1v) is 8.98. The molecule has 10 nitrogen and oxygen atoms in total. The van der Waals surface area contributed by atoms with Crippen LogP contribution in [0.4, 0.5) is 0 Å². The fraction of sp³-hybridized carbons (Fsp3) is 0.429. The van der Waals surface area contributed by atoms with E-state index in [2.05, 4.69) is 14.5 Å². The number of phosphoric ester groups is 1. The van der Waals surface area contributed by atoms with Crippen LogP contribution in [0.25, 0.3) is 10.9 Å². The van der Waals surface area contributed by atoms with Crippen LogP contribution in [0.3, 0.4) is 0 Å². The molecule has 1 aliphatic rings. The van der Waals surface area contributed by atoms with E-state index in [0.29, 0.717) is 5.56 Å². The SMILES string of the molecule is Cc1cc([C@H]2C[C@H](OP(=O)(O)O)[C@@H](CO)O2)c2[nH]c(=O)[nH]c(=O)c2c1. The number of benzene rings is 1. The molecule has 3 atom stereocenters. The van der Waals surface area contributed by atoms with Gasteiger partial charge in [0.2, 0.25) is 0 Å². The molecule has 0 unspecified atom stereocenters. The maximum absolute atomic E-state index is 12.0. The molecule has 25 heavy (non-hydrogen) atoms. The van der Waals surface area contributed by atoms with Crippen molar-refractivity contribution in [3.8, 4) is 0 Å². The van der Waals surface area contributed by atoms with Crippen LogP contribution in [-0.4, -0.2) is 43.7 Å². The molecule has 1 aromatic carbocycles. The van der Waals surface area contributed by atoms with Crippen LogP contribution in [-0.2, 0) is 13.8 Å². The van der Waals surface area contributed by atoms with Crippen LogP contribution < -0.4 is 11.2 Å². The van der Waals surface area contributed by atoms with Gasteiger partial charge >= 0.3 is 13.5 Å². The van der Waals surface area contributed by atoms with Crippen molar-refractivity contribution in [3.05, 3.63) is 44.1 Å². The first-order chi connectivity index (χ1) is 11.7. The lowest BCUT2D eigenvalue weighted by Gasteiger charge is -2.16. The molecule has 0 aliphatic carbocycles. The molecule has 0 spiro atoms. The van der Waals surface area contributed by atoms with E-state index < -0.39 is 44.0 Å². The Hall–Kier alpha value is -1.81. The second-order valence-corrected chi connectivity index (χ2v) is 7.09. The molecule has 1 saturated heterocycles. The zero-order chi connectivity index (χ0) is 18.4. The van der Waals surface area contributed by atoms with E-state index in [9.17, 15) is 19.3 Å². The summed E-state index contributed by atoms with van der Waals surface area (Å²) in [6.07, 6.45) is -2.64. The van der Waals surface area contributed by atoms with Gasteiger partial charge in [-0.2, -0.15) is 0 Å². The van der Waals surface area contributed by atoms with Crippen LogP contribution in [0.5, 0.6) is 0 Å². The van der Waals surface area contributed by atoms with Gasteiger partial charge in [-0.25, -0.2) is 9.36 Å². The molecule has 136 valence electrons. The monoisotopic (exact) mass is 372 g/mol. The van der Waals surface area contributed by atoms with Gasteiger partial charge in [-0.15, -0.1) is 0 Å². The van der Waals surface area contributed by atoms with Crippen LogP contribution >= 0.6 is 7.82 Å². The number of aliphatic hydroxyl groups is 1. The van der Waals surface area contributed by atoms with Crippen molar-refractivity contribution in [2.24, 2.45) is 0 Å². The minimum atomic E-state index is -4.76. The van der Waals surface area contributed by atoms with Crippen molar-refractivity contribution in [2.45, 2.75) is 31.7 Å². The summed E-state index contributed by atoms with van der Waals surface area (Å²) in [5, 5.41) is 9.65. The van der Waals surface area contributed by atoms with E-state index in [1.54, 1.807) is 19.1 Å². The van der Waals surface area contributed by atoms with Crippen molar-refractivity contribution < 1.29 is 28.7 Å². The molecule has 1 fully saturated rings. The van der Waals surface area contributed by atoms with Gasteiger partial charge < -0.3 is 24.6 Å².